The summed E-state index contributed by atoms with van der Waals surface area (Å²) in [6.45, 7) is 0.530. The number of anilines is 2. The minimum absolute atomic E-state index is 0.470. The number of rotatable bonds is 3. The molecule has 1 saturated carbocycles. The molecule has 0 heterocycles. The molecule has 4 N–H and O–H groups in total. The zero-order valence-electron chi connectivity index (χ0n) is 11.2. The van der Waals surface area contributed by atoms with Crippen LogP contribution < -0.4 is 11.1 Å². The second kappa shape index (κ2) is 5.94. The normalized spacial score (nSPS) is 18.3. The maximum atomic E-state index is 10.5. The van der Waals surface area contributed by atoms with Crippen molar-refractivity contribution in [2.75, 3.05) is 17.6 Å². The third-order valence-corrected chi connectivity index (χ3v) is 3.83. The van der Waals surface area contributed by atoms with Gasteiger partial charge in [-0.15, -0.1) is 0 Å². The monoisotopic (exact) mass is 259 g/mol. The van der Waals surface area contributed by atoms with Gasteiger partial charge >= 0.3 is 0 Å². The van der Waals surface area contributed by atoms with E-state index in [4.69, 9.17) is 11.0 Å². The van der Waals surface area contributed by atoms with E-state index in [1.165, 1.54) is 12.8 Å². The van der Waals surface area contributed by atoms with Gasteiger partial charge in [0.25, 0.3) is 0 Å². The van der Waals surface area contributed by atoms with Crippen LogP contribution in [0.4, 0.5) is 11.4 Å². The van der Waals surface area contributed by atoms with Crippen LogP contribution in [0.3, 0.4) is 0 Å². The van der Waals surface area contributed by atoms with Crippen LogP contribution in [-0.4, -0.2) is 17.3 Å². The smallest absolute Gasteiger partial charge is 0.101 e. The van der Waals surface area contributed by atoms with Crippen molar-refractivity contribution >= 4 is 11.4 Å². The van der Waals surface area contributed by atoms with Crippen molar-refractivity contribution in [3.8, 4) is 6.07 Å². The molecule has 0 spiro atoms. The van der Waals surface area contributed by atoms with E-state index in [2.05, 4.69) is 11.4 Å². The topological polar surface area (TPSA) is 82.1 Å². The molecule has 1 aromatic rings. The van der Waals surface area contributed by atoms with Gasteiger partial charge in [-0.2, -0.15) is 5.26 Å². The molecular formula is C15H21N3O. The molecular weight excluding hydrogens is 238 g/mol. The molecule has 0 aromatic heterocycles. The van der Waals surface area contributed by atoms with E-state index >= 15 is 0 Å². The van der Waals surface area contributed by atoms with Crippen molar-refractivity contribution in [3.63, 3.8) is 0 Å². The number of nitrogen functional groups attached to an aromatic ring is 1. The number of benzene rings is 1. The summed E-state index contributed by atoms with van der Waals surface area (Å²) in [5, 5.41) is 22.7. The lowest BCUT2D eigenvalue weighted by Crippen LogP contribution is -2.36. The van der Waals surface area contributed by atoms with Crippen molar-refractivity contribution in [2.24, 2.45) is 0 Å². The van der Waals surface area contributed by atoms with Crippen molar-refractivity contribution in [2.45, 2.75) is 44.1 Å². The Bertz CT molecular complexity index is 471. The van der Waals surface area contributed by atoms with E-state index in [0.29, 0.717) is 17.8 Å². The Kier molecular flexibility index (Phi) is 4.28. The molecule has 0 saturated heterocycles. The van der Waals surface area contributed by atoms with Crippen LogP contribution in [0.25, 0.3) is 0 Å². The van der Waals surface area contributed by atoms with Crippen LogP contribution in [0.1, 0.15) is 44.1 Å². The molecule has 1 fully saturated rings. The summed E-state index contributed by atoms with van der Waals surface area (Å²) < 4.78 is 0. The molecule has 4 heteroatoms. The minimum atomic E-state index is -0.620. The molecule has 102 valence electrons. The second-order valence-corrected chi connectivity index (χ2v) is 5.41. The van der Waals surface area contributed by atoms with E-state index in [1.54, 1.807) is 12.1 Å². The Labute approximate surface area is 114 Å². The minimum Gasteiger partial charge on any atom is -0.398 e. The first-order chi connectivity index (χ1) is 9.13. The average molecular weight is 259 g/mol. The molecule has 1 aromatic carbocycles. The molecule has 19 heavy (non-hydrogen) atoms. The molecule has 0 unspecified atom stereocenters. The molecule has 0 aliphatic heterocycles. The molecule has 2 rings (SSSR count). The first kappa shape index (κ1) is 13.7. The second-order valence-electron chi connectivity index (χ2n) is 5.41. The maximum Gasteiger partial charge on any atom is 0.101 e. The molecule has 1 aliphatic carbocycles. The molecule has 0 radical (unpaired) electrons. The van der Waals surface area contributed by atoms with Gasteiger partial charge in [0.05, 0.1) is 11.2 Å². The summed E-state index contributed by atoms with van der Waals surface area (Å²) in [5.41, 5.74) is 6.86. The Hall–Kier alpha value is -1.73. The zero-order valence-corrected chi connectivity index (χ0v) is 11.2. The summed E-state index contributed by atoms with van der Waals surface area (Å²) in [5.74, 6) is 0. The van der Waals surface area contributed by atoms with E-state index in [-0.39, 0.29) is 0 Å². The largest absolute Gasteiger partial charge is 0.398 e. The van der Waals surface area contributed by atoms with Gasteiger partial charge in [-0.3, -0.25) is 0 Å². The van der Waals surface area contributed by atoms with Crippen LogP contribution in [0.2, 0.25) is 0 Å². The Balaban J connectivity index is 2.00. The van der Waals surface area contributed by atoms with E-state index < -0.39 is 5.60 Å². The van der Waals surface area contributed by atoms with Crippen molar-refractivity contribution < 1.29 is 5.11 Å². The van der Waals surface area contributed by atoms with Crippen LogP contribution in [0.5, 0.6) is 0 Å². The third-order valence-electron chi connectivity index (χ3n) is 3.83. The fourth-order valence-electron chi connectivity index (χ4n) is 2.59. The lowest BCUT2D eigenvalue weighted by Gasteiger charge is -2.27. The first-order valence-electron chi connectivity index (χ1n) is 6.89. The number of aliphatic hydroxyl groups is 1. The van der Waals surface area contributed by atoms with Crippen molar-refractivity contribution in [3.05, 3.63) is 23.8 Å². The number of nitriles is 1. The molecule has 4 nitrogen and oxygen atoms in total. The van der Waals surface area contributed by atoms with Gasteiger partial charge in [0, 0.05) is 17.9 Å². The maximum absolute atomic E-state index is 10.5. The highest BCUT2D eigenvalue weighted by Gasteiger charge is 2.27. The molecule has 1 aliphatic rings. The number of hydrogen-bond acceptors (Lipinski definition) is 4. The number of nitrogens with one attached hydrogen (secondary N) is 1. The van der Waals surface area contributed by atoms with Gasteiger partial charge in [-0.05, 0) is 31.0 Å². The lowest BCUT2D eigenvalue weighted by molar-refractivity contribution is 0.0381. The summed E-state index contributed by atoms with van der Waals surface area (Å²) in [6.07, 6.45) is 6.29. The predicted octanol–water partition coefficient (Wildman–Crippen LogP) is 2.64. The highest BCUT2D eigenvalue weighted by atomic mass is 16.3. The lowest BCUT2D eigenvalue weighted by atomic mass is 9.94. The molecule has 0 amide bonds. The summed E-state index contributed by atoms with van der Waals surface area (Å²) in [7, 11) is 0. The van der Waals surface area contributed by atoms with Gasteiger partial charge < -0.3 is 16.2 Å². The predicted molar refractivity (Wildman–Crippen MR) is 76.7 cm³/mol. The molecule has 0 bridgehead atoms. The van der Waals surface area contributed by atoms with Crippen LogP contribution >= 0.6 is 0 Å². The van der Waals surface area contributed by atoms with Crippen LogP contribution in [-0.2, 0) is 0 Å². The summed E-state index contributed by atoms with van der Waals surface area (Å²) in [4.78, 5) is 0. The SMILES string of the molecule is N#Cc1cc(NCC2(O)CCCCCC2)ccc1N. The van der Waals surface area contributed by atoms with Gasteiger partial charge in [0.1, 0.15) is 6.07 Å². The zero-order chi connectivity index (χ0) is 13.7. The van der Waals surface area contributed by atoms with E-state index in [1.807, 2.05) is 6.07 Å². The van der Waals surface area contributed by atoms with Crippen molar-refractivity contribution in [1.29, 1.82) is 5.26 Å². The standard InChI is InChI=1S/C15H21N3O/c16-10-12-9-13(5-6-14(12)17)18-11-15(19)7-3-1-2-4-8-15/h5-6,9,18-19H,1-4,7-8,11,17H2. The number of hydrogen-bond donors (Lipinski definition) is 3. The highest BCUT2D eigenvalue weighted by Crippen LogP contribution is 2.27. The third kappa shape index (κ3) is 3.62. The Morgan fingerprint density at radius 3 is 2.58 bits per heavy atom. The average Bonchev–Trinajstić information content (AvgIpc) is 2.63. The van der Waals surface area contributed by atoms with Crippen molar-refractivity contribution in [1.82, 2.24) is 0 Å². The molecule has 0 atom stereocenters. The summed E-state index contributed by atoms with van der Waals surface area (Å²) in [6, 6.07) is 7.36. The Morgan fingerprint density at radius 2 is 1.95 bits per heavy atom. The van der Waals surface area contributed by atoms with Gasteiger partial charge in [0.15, 0.2) is 0 Å². The number of nitrogens with two attached hydrogens (primary N) is 1. The van der Waals surface area contributed by atoms with Gasteiger partial charge in [-0.1, -0.05) is 25.7 Å². The Morgan fingerprint density at radius 1 is 1.26 bits per heavy atom. The fraction of sp³-hybridized carbons (Fsp3) is 0.533. The summed E-state index contributed by atoms with van der Waals surface area (Å²) >= 11 is 0. The number of nitrogens with zero attached hydrogens (tertiary/aromatic N) is 1. The quantitative estimate of drug-likeness (QED) is 0.575. The van der Waals surface area contributed by atoms with E-state index in [0.717, 1.165) is 31.4 Å². The van der Waals surface area contributed by atoms with E-state index in [9.17, 15) is 5.11 Å². The first-order valence-corrected chi connectivity index (χ1v) is 6.89. The van der Waals surface area contributed by atoms with Gasteiger partial charge in [0.2, 0.25) is 0 Å². The fourth-order valence-corrected chi connectivity index (χ4v) is 2.59. The van der Waals surface area contributed by atoms with Gasteiger partial charge in [-0.25, -0.2) is 0 Å². The highest BCUT2D eigenvalue weighted by molar-refractivity contribution is 5.61. The van der Waals surface area contributed by atoms with Crippen LogP contribution in [0, 0.1) is 11.3 Å². The van der Waals surface area contributed by atoms with Crippen LogP contribution in [0.15, 0.2) is 18.2 Å².